The van der Waals surface area contributed by atoms with Crippen molar-refractivity contribution in [1.29, 1.82) is 0 Å². The van der Waals surface area contributed by atoms with Crippen molar-refractivity contribution in [3.8, 4) is 5.75 Å². The number of rotatable bonds is 7. The van der Waals surface area contributed by atoms with E-state index >= 15 is 0 Å². The van der Waals surface area contributed by atoms with Gasteiger partial charge in [0.25, 0.3) is 0 Å². The zero-order chi connectivity index (χ0) is 15.9. The highest BCUT2D eigenvalue weighted by molar-refractivity contribution is 5.91. The van der Waals surface area contributed by atoms with E-state index in [2.05, 4.69) is 10.6 Å². The van der Waals surface area contributed by atoms with Crippen LogP contribution in [0.25, 0.3) is 0 Å². The van der Waals surface area contributed by atoms with Crippen molar-refractivity contribution in [2.45, 2.75) is 27.2 Å². The van der Waals surface area contributed by atoms with Gasteiger partial charge in [-0.05, 0) is 32.4 Å². The highest BCUT2D eigenvalue weighted by atomic mass is 16.5. The maximum Gasteiger partial charge on any atom is 0.319 e. The Kier molecular flexibility index (Phi) is 6.02. The molecule has 0 heterocycles. The number of amides is 2. The lowest BCUT2D eigenvalue weighted by Gasteiger charge is -2.23. The molecule has 0 fully saturated rings. The Labute approximate surface area is 124 Å². The molecule has 0 aliphatic carbocycles. The van der Waals surface area contributed by atoms with E-state index in [9.17, 15) is 9.59 Å². The standard InChI is InChI=1S/C15H22N2O4/c1-4-15(3,13(18)19)10-16-14(20)17-11-8-6-7-9-12(11)21-5-2/h6-9H,4-5,10H2,1-3H3,(H,18,19)(H2,16,17,20). The molecule has 1 atom stereocenters. The first-order valence-electron chi connectivity index (χ1n) is 6.93. The first kappa shape index (κ1) is 16.8. The van der Waals surface area contributed by atoms with Gasteiger partial charge in [0.1, 0.15) is 5.75 Å². The maximum absolute atomic E-state index is 11.9. The summed E-state index contributed by atoms with van der Waals surface area (Å²) in [5.74, 6) is -0.355. The summed E-state index contributed by atoms with van der Waals surface area (Å²) in [4.78, 5) is 23.1. The first-order valence-corrected chi connectivity index (χ1v) is 6.93. The van der Waals surface area contributed by atoms with Gasteiger partial charge in [0.15, 0.2) is 0 Å². The number of carboxylic acid groups (broad SMARTS) is 1. The third-order valence-corrected chi connectivity index (χ3v) is 3.37. The van der Waals surface area contributed by atoms with Gasteiger partial charge in [-0.15, -0.1) is 0 Å². The van der Waals surface area contributed by atoms with Crippen LogP contribution in [0.15, 0.2) is 24.3 Å². The average molecular weight is 294 g/mol. The lowest BCUT2D eigenvalue weighted by molar-refractivity contribution is -0.147. The minimum Gasteiger partial charge on any atom is -0.492 e. The zero-order valence-corrected chi connectivity index (χ0v) is 12.6. The molecule has 1 rings (SSSR count). The van der Waals surface area contributed by atoms with Gasteiger partial charge in [0.2, 0.25) is 0 Å². The number of benzene rings is 1. The smallest absolute Gasteiger partial charge is 0.319 e. The summed E-state index contributed by atoms with van der Waals surface area (Å²) < 4.78 is 5.41. The summed E-state index contributed by atoms with van der Waals surface area (Å²) in [7, 11) is 0. The topological polar surface area (TPSA) is 87.7 Å². The lowest BCUT2D eigenvalue weighted by Crippen LogP contribution is -2.42. The Morgan fingerprint density at radius 2 is 1.95 bits per heavy atom. The van der Waals surface area contributed by atoms with E-state index in [1.54, 1.807) is 32.0 Å². The van der Waals surface area contributed by atoms with Crippen LogP contribution in [0.2, 0.25) is 0 Å². The van der Waals surface area contributed by atoms with Crippen molar-refractivity contribution in [2.24, 2.45) is 5.41 Å². The number of hydrogen-bond acceptors (Lipinski definition) is 3. The van der Waals surface area contributed by atoms with Crippen molar-refractivity contribution < 1.29 is 19.4 Å². The molecule has 3 N–H and O–H groups in total. The number of hydrogen-bond donors (Lipinski definition) is 3. The number of anilines is 1. The minimum atomic E-state index is -0.975. The van der Waals surface area contributed by atoms with E-state index in [-0.39, 0.29) is 6.54 Å². The average Bonchev–Trinajstić information content (AvgIpc) is 2.47. The molecule has 116 valence electrons. The molecule has 1 aromatic carbocycles. The monoisotopic (exact) mass is 294 g/mol. The molecule has 0 saturated carbocycles. The van der Waals surface area contributed by atoms with E-state index in [0.717, 1.165) is 0 Å². The Morgan fingerprint density at radius 1 is 1.29 bits per heavy atom. The highest BCUT2D eigenvalue weighted by Gasteiger charge is 2.31. The molecule has 0 aromatic heterocycles. The fourth-order valence-corrected chi connectivity index (χ4v) is 1.64. The van der Waals surface area contributed by atoms with Crippen molar-refractivity contribution in [3.63, 3.8) is 0 Å². The fourth-order valence-electron chi connectivity index (χ4n) is 1.64. The second-order valence-corrected chi connectivity index (χ2v) is 4.96. The van der Waals surface area contributed by atoms with E-state index in [1.807, 2.05) is 13.0 Å². The van der Waals surface area contributed by atoms with E-state index in [4.69, 9.17) is 9.84 Å². The maximum atomic E-state index is 11.9. The normalized spacial score (nSPS) is 13.1. The van der Waals surface area contributed by atoms with Crippen LogP contribution in [0.4, 0.5) is 10.5 Å². The molecule has 21 heavy (non-hydrogen) atoms. The number of carbonyl (C=O) groups is 2. The van der Waals surface area contributed by atoms with Crippen molar-refractivity contribution in [2.75, 3.05) is 18.5 Å². The summed E-state index contributed by atoms with van der Waals surface area (Å²) in [6.07, 6.45) is 0.429. The molecular weight excluding hydrogens is 272 g/mol. The molecule has 6 heteroatoms. The number of carboxylic acids is 1. The Balaban J connectivity index is 2.64. The van der Waals surface area contributed by atoms with Gasteiger partial charge >= 0.3 is 12.0 Å². The molecule has 0 bridgehead atoms. The number of aliphatic carboxylic acids is 1. The largest absolute Gasteiger partial charge is 0.492 e. The summed E-state index contributed by atoms with van der Waals surface area (Å²) >= 11 is 0. The minimum absolute atomic E-state index is 0.0570. The van der Waals surface area contributed by atoms with Crippen molar-refractivity contribution >= 4 is 17.7 Å². The van der Waals surface area contributed by atoms with Crippen LogP contribution in [0.1, 0.15) is 27.2 Å². The molecule has 1 unspecified atom stereocenters. The summed E-state index contributed by atoms with van der Waals surface area (Å²) in [5, 5.41) is 14.4. The second kappa shape index (κ2) is 7.52. The molecule has 0 spiro atoms. The Bertz CT molecular complexity index is 504. The molecule has 0 aliphatic rings. The van der Waals surface area contributed by atoms with Gasteiger partial charge in [-0.2, -0.15) is 0 Å². The second-order valence-electron chi connectivity index (χ2n) is 4.96. The quantitative estimate of drug-likeness (QED) is 0.721. The SMILES string of the molecule is CCOc1ccccc1NC(=O)NCC(C)(CC)C(=O)O. The fraction of sp³-hybridized carbons (Fsp3) is 0.467. The predicted molar refractivity (Wildman–Crippen MR) is 80.7 cm³/mol. The molecule has 0 saturated heterocycles. The van der Waals surface area contributed by atoms with E-state index < -0.39 is 17.4 Å². The lowest BCUT2D eigenvalue weighted by atomic mass is 9.88. The molecule has 0 radical (unpaired) electrons. The number of ether oxygens (including phenoxy) is 1. The predicted octanol–water partition coefficient (Wildman–Crippen LogP) is 2.71. The summed E-state index contributed by atoms with van der Waals surface area (Å²) in [5.41, 5.74) is -0.429. The number of urea groups is 1. The number of carbonyl (C=O) groups excluding carboxylic acids is 1. The molecular formula is C15H22N2O4. The summed E-state index contributed by atoms with van der Waals surface area (Å²) in [6.45, 7) is 5.78. The van der Waals surface area contributed by atoms with Crippen LogP contribution in [-0.4, -0.2) is 30.3 Å². The third-order valence-electron chi connectivity index (χ3n) is 3.37. The van der Waals surface area contributed by atoms with E-state index in [1.165, 1.54) is 0 Å². The van der Waals surface area contributed by atoms with Gasteiger partial charge in [-0.25, -0.2) is 4.79 Å². The van der Waals surface area contributed by atoms with Crippen molar-refractivity contribution in [3.05, 3.63) is 24.3 Å². The number of nitrogens with one attached hydrogen (secondary N) is 2. The molecule has 0 aliphatic heterocycles. The summed E-state index contributed by atoms with van der Waals surface area (Å²) in [6, 6.07) is 6.62. The van der Waals surface area contributed by atoms with Crippen LogP contribution < -0.4 is 15.4 Å². The Hall–Kier alpha value is -2.24. The Morgan fingerprint density at radius 3 is 2.52 bits per heavy atom. The van der Waals surface area contributed by atoms with E-state index in [0.29, 0.717) is 24.5 Å². The number of para-hydroxylation sites is 2. The van der Waals surface area contributed by atoms with Crippen LogP contribution >= 0.6 is 0 Å². The highest BCUT2D eigenvalue weighted by Crippen LogP contribution is 2.24. The van der Waals surface area contributed by atoms with Gasteiger partial charge in [0.05, 0.1) is 17.7 Å². The molecule has 6 nitrogen and oxygen atoms in total. The van der Waals surface area contributed by atoms with Crippen molar-refractivity contribution in [1.82, 2.24) is 5.32 Å². The van der Waals surface area contributed by atoms with Crippen LogP contribution in [-0.2, 0) is 4.79 Å². The van der Waals surface area contributed by atoms with Gasteiger partial charge in [-0.1, -0.05) is 19.1 Å². The zero-order valence-electron chi connectivity index (χ0n) is 12.6. The molecule has 2 amide bonds. The van der Waals surface area contributed by atoms with Crippen LogP contribution in [0, 0.1) is 5.41 Å². The van der Waals surface area contributed by atoms with Gasteiger partial charge in [-0.3, -0.25) is 4.79 Å². The first-order chi connectivity index (χ1) is 9.92. The van der Waals surface area contributed by atoms with Crippen LogP contribution in [0.5, 0.6) is 5.75 Å². The molecule has 1 aromatic rings. The van der Waals surface area contributed by atoms with Crippen LogP contribution in [0.3, 0.4) is 0 Å². The van der Waals surface area contributed by atoms with Gasteiger partial charge < -0.3 is 20.5 Å². The third kappa shape index (κ3) is 4.66. The van der Waals surface area contributed by atoms with Gasteiger partial charge in [0, 0.05) is 6.54 Å².